The Balaban J connectivity index is 0.00000256. The van der Waals surface area contributed by atoms with Crippen LogP contribution in [0.25, 0.3) is 0 Å². The highest BCUT2D eigenvalue weighted by Gasteiger charge is 2.09. The number of benzene rings is 1. The van der Waals surface area contributed by atoms with Gasteiger partial charge in [0.25, 0.3) is 0 Å². The number of carbonyl (C=O) groups is 1. The Hall–Kier alpha value is -1.10. The van der Waals surface area contributed by atoms with Gasteiger partial charge < -0.3 is 16.2 Å². The van der Waals surface area contributed by atoms with Crippen molar-refractivity contribution in [1.29, 1.82) is 0 Å². The standard InChI is InChI=1S/C12H18N2O2.ClH/c1-9(13)7-12(16)14-8-11(15)10-5-3-2-4-6-10;/h2-6,9,11,15H,7-8,13H2,1H3,(H,14,16);1H. The van der Waals surface area contributed by atoms with Gasteiger partial charge in [-0.1, -0.05) is 30.3 Å². The fraction of sp³-hybridized carbons (Fsp3) is 0.417. The molecule has 1 rings (SSSR count). The molecule has 17 heavy (non-hydrogen) atoms. The Kier molecular flexibility index (Phi) is 7.54. The summed E-state index contributed by atoms with van der Waals surface area (Å²) in [6.45, 7) is 1.99. The van der Waals surface area contributed by atoms with E-state index in [0.717, 1.165) is 5.56 Å². The molecule has 1 aromatic carbocycles. The predicted molar refractivity (Wildman–Crippen MR) is 69.9 cm³/mol. The topological polar surface area (TPSA) is 75.4 Å². The molecule has 0 saturated heterocycles. The minimum Gasteiger partial charge on any atom is -0.387 e. The third kappa shape index (κ3) is 6.26. The summed E-state index contributed by atoms with van der Waals surface area (Å²) in [5, 5.41) is 12.4. The molecule has 4 nitrogen and oxygen atoms in total. The normalized spacial score (nSPS) is 13.4. The summed E-state index contributed by atoms with van der Waals surface area (Å²) in [5.74, 6) is -0.134. The summed E-state index contributed by atoms with van der Waals surface area (Å²) < 4.78 is 0. The summed E-state index contributed by atoms with van der Waals surface area (Å²) in [6, 6.07) is 9.06. The van der Waals surface area contributed by atoms with E-state index in [1.165, 1.54) is 0 Å². The number of hydrogen-bond donors (Lipinski definition) is 3. The average molecular weight is 259 g/mol. The summed E-state index contributed by atoms with van der Waals surface area (Å²) in [5.41, 5.74) is 6.28. The van der Waals surface area contributed by atoms with Crippen LogP contribution in [0.15, 0.2) is 30.3 Å². The first-order valence-electron chi connectivity index (χ1n) is 5.35. The van der Waals surface area contributed by atoms with Crippen molar-refractivity contribution in [2.45, 2.75) is 25.5 Å². The van der Waals surface area contributed by atoms with Crippen LogP contribution in [0.2, 0.25) is 0 Å². The highest BCUT2D eigenvalue weighted by atomic mass is 35.5. The van der Waals surface area contributed by atoms with Crippen molar-refractivity contribution >= 4 is 18.3 Å². The highest BCUT2D eigenvalue weighted by Crippen LogP contribution is 2.10. The van der Waals surface area contributed by atoms with E-state index in [-0.39, 0.29) is 37.3 Å². The fourth-order valence-electron chi connectivity index (χ4n) is 1.37. The van der Waals surface area contributed by atoms with E-state index in [9.17, 15) is 9.90 Å². The van der Waals surface area contributed by atoms with Gasteiger partial charge >= 0.3 is 0 Å². The van der Waals surface area contributed by atoms with E-state index >= 15 is 0 Å². The molecule has 1 amide bonds. The summed E-state index contributed by atoms with van der Waals surface area (Å²) >= 11 is 0. The molecule has 0 radical (unpaired) electrons. The molecule has 0 bridgehead atoms. The van der Waals surface area contributed by atoms with Gasteiger partial charge in [-0.3, -0.25) is 4.79 Å². The van der Waals surface area contributed by atoms with E-state index in [4.69, 9.17) is 5.73 Å². The molecule has 0 aliphatic rings. The molecule has 2 unspecified atom stereocenters. The van der Waals surface area contributed by atoms with Crippen LogP contribution in [-0.4, -0.2) is 23.6 Å². The van der Waals surface area contributed by atoms with Gasteiger partial charge in [0.15, 0.2) is 0 Å². The number of aliphatic hydroxyl groups excluding tert-OH is 1. The molecule has 0 aliphatic carbocycles. The second-order valence-electron chi connectivity index (χ2n) is 3.91. The van der Waals surface area contributed by atoms with E-state index in [2.05, 4.69) is 5.32 Å². The second kappa shape index (κ2) is 8.06. The molecule has 4 N–H and O–H groups in total. The molecule has 0 heterocycles. The molecule has 0 spiro atoms. The molecule has 2 atom stereocenters. The fourth-order valence-corrected chi connectivity index (χ4v) is 1.37. The number of halogens is 1. The van der Waals surface area contributed by atoms with Crippen molar-refractivity contribution in [3.8, 4) is 0 Å². The van der Waals surface area contributed by atoms with E-state index in [1.807, 2.05) is 30.3 Å². The monoisotopic (exact) mass is 258 g/mol. The largest absolute Gasteiger partial charge is 0.387 e. The Morgan fingerprint density at radius 1 is 1.41 bits per heavy atom. The zero-order valence-corrected chi connectivity index (χ0v) is 10.6. The number of rotatable bonds is 5. The van der Waals surface area contributed by atoms with Crippen LogP contribution < -0.4 is 11.1 Å². The lowest BCUT2D eigenvalue weighted by Crippen LogP contribution is -2.32. The third-order valence-electron chi connectivity index (χ3n) is 2.18. The number of amides is 1. The second-order valence-corrected chi connectivity index (χ2v) is 3.91. The number of hydrogen-bond acceptors (Lipinski definition) is 3. The van der Waals surface area contributed by atoms with E-state index in [0.29, 0.717) is 0 Å². The van der Waals surface area contributed by atoms with Gasteiger partial charge in [0.05, 0.1) is 6.10 Å². The summed E-state index contributed by atoms with van der Waals surface area (Å²) in [6.07, 6.45) is -0.389. The number of nitrogens with one attached hydrogen (secondary N) is 1. The van der Waals surface area contributed by atoms with Crippen LogP contribution >= 0.6 is 12.4 Å². The minimum atomic E-state index is -0.668. The first-order valence-corrected chi connectivity index (χ1v) is 5.35. The lowest BCUT2D eigenvalue weighted by molar-refractivity contribution is -0.121. The Morgan fingerprint density at radius 3 is 2.53 bits per heavy atom. The number of aliphatic hydroxyl groups is 1. The van der Waals surface area contributed by atoms with E-state index in [1.54, 1.807) is 6.92 Å². The van der Waals surface area contributed by atoms with Crippen molar-refractivity contribution in [2.24, 2.45) is 5.73 Å². The van der Waals surface area contributed by atoms with Crippen molar-refractivity contribution in [2.75, 3.05) is 6.54 Å². The van der Waals surface area contributed by atoms with Gasteiger partial charge in [-0.2, -0.15) is 0 Å². The maximum atomic E-state index is 11.3. The van der Waals surface area contributed by atoms with Gasteiger partial charge in [-0.25, -0.2) is 0 Å². The highest BCUT2D eigenvalue weighted by molar-refractivity contribution is 5.85. The third-order valence-corrected chi connectivity index (χ3v) is 2.18. The molecule has 0 aliphatic heterocycles. The van der Waals surface area contributed by atoms with Crippen molar-refractivity contribution in [1.82, 2.24) is 5.32 Å². The van der Waals surface area contributed by atoms with Crippen molar-refractivity contribution < 1.29 is 9.90 Å². The molecular weight excluding hydrogens is 240 g/mol. The van der Waals surface area contributed by atoms with Crippen molar-refractivity contribution in [3.05, 3.63) is 35.9 Å². The zero-order valence-electron chi connectivity index (χ0n) is 9.80. The average Bonchev–Trinajstić information content (AvgIpc) is 2.26. The lowest BCUT2D eigenvalue weighted by Gasteiger charge is -2.12. The lowest BCUT2D eigenvalue weighted by atomic mass is 10.1. The zero-order chi connectivity index (χ0) is 12.0. The van der Waals surface area contributed by atoms with Crippen LogP contribution in [0.1, 0.15) is 25.0 Å². The van der Waals surface area contributed by atoms with Crippen LogP contribution in [0.5, 0.6) is 0 Å². The van der Waals surface area contributed by atoms with Crippen LogP contribution in [0.3, 0.4) is 0 Å². The van der Waals surface area contributed by atoms with Gasteiger partial charge in [0.1, 0.15) is 0 Å². The maximum absolute atomic E-state index is 11.3. The van der Waals surface area contributed by atoms with Gasteiger partial charge in [0, 0.05) is 19.0 Å². The van der Waals surface area contributed by atoms with Crippen LogP contribution in [0, 0.1) is 0 Å². The van der Waals surface area contributed by atoms with Crippen LogP contribution in [0.4, 0.5) is 0 Å². The van der Waals surface area contributed by atoms with Gasteiger partial charge in [-0.15, -0.1) is 12.4 Å². The summed E-state index contributed by atoms with van der Waals surface area (Å²) in [7, 11) is 0. The molecule has 0 saturated carbocycles. The van der Waals surface area contributed by atoms with Gasteiger partial charge in [-0.05, 0) is 12.5 Å². The Labute approximate surface area is 108 Å². The molecule has 0 fully saturated rings. The smallest absolute Gasteiger partial charge is 0.221 e. The quantitative estimate of drug-likeness (QED) is 0.737. The van der Waals surface area contributed by atoms with E-state index < -0.39 is 6.10 Å². The molecule has 1 aromatic rings. The Bertz CT molecular complexity index is 331. The first kappa shape index (κ1) is 15.9. The number of carbonyl (C=O) groups excluding carboxylic acids is 1. The Morgan fingerprint density at radius 2 is 2.00 bits per heavy atom. The number of nitrogens with two attached hydrogens (primary N) is 1. The molecule has 96 valence electrons. The molecular formula is C12H19ClN2O2. The molecule has 5 heteroatoms. The SMILES string of the molecule is CC(N)CC(=O)NCC(O)c1ccccc1.Cl. The first-order chi connectivity index (χ1) is 7.59. The maximum Gasteiger partial charge on any atom is 0.221 e. The predicted octanol–water partition coefficient (Wildman–Crippen LogP) is 0.995. The summed E-state index contributed by atoms with van der Waals surface area (Å²) in [4.78, 5) is 11.3. The minimum absolute atomic E-state index is 0. The van der Waals surface area contributed by atoms with Gasteiger partial charge in [0.2, 0.25) is 5.91 Å². The molecule has 0 aromatic heterocycles. The van der Waals surface area contributed by atoms with Crippen molar-refractivity contribution in [3.63, 3.8) is 0 Å². The van der Waals surface area contributed by atoms with Crippen LogP contribution in [-0.2, 0) is 4.79 Å².